The molecule has 9 heteroatoms. The number of nitrogens with zero attached hydrogens (tertiary/aromatic N) is 3. The Morgan fingerprint density at radius 1 is 1.03 bits per heavy atom. The van der Waals surface area contributed by atoms with Crippen molar-refractivity contribution in [3.05, 3.63) is 91.7 Å². The van der Waals surface area contributed by atoms with Crippen molar-refractivity contribution in [1.82, 2.24) is 0 Å². The van der Waals surface area contributed by atoms with Crippen molar-refractivity contribution in [2.45, 2.75) is 38.8 Å². The molecule has 0 saturated heterocycles. The number of ether oxygens (including phenoxy) is 1. The third-order valence-corrected chi connectivity index (χ3v) is 5.52. The predicted octanol–water partition coefficient (Wildman–Crippen LogP) is 4.85. The van der Waals surface area contributed by atoms with Crippen molar-refractivity contribution < 1.29 is 14.6 Å². The van der Waals surface area contributed by atoms with E-state index < -0.39 is 22.0 Å². The largest absolute Gasteiger partial charge is 0.433 e. The van der Waals surface area contributed by atoms with Crippen LogP contribution in [-0.2, 0) is 4.74 Å². The van der Waals surface area contributed by atoms with E-state index in [1.54, 1.807) is 12.1 Å². The summed E-state index contributed by atoms with van der Waals surface area (Å²) in [7, 11) is 0. The molecule has 9 nitrogen and oxygen atoms in total. The maximum Gasteiger partial charge on any atom is 0.364 e. The molecule has 2 aromatic carbocycles. The van der Waals surface area contributed by atoms with Crippen molar-refractivity contribution >= 4 is 17.1 Å². The molecule has 2 aliphatic rings. The highest BCUT2D eigenvalue weighted by molar-refractivity contribution is 6.04. The number of anilines is 1. The first-order valence-electron chi connectivity index (χ1n) is 9.91. The Bertz CT molecular complexity index is 1080. The van der Waals surface area contributed by atoms with Crippen LogP contribution in [-0.4, -0.2) is 21.8 Å². The van der Waals surface area contributed by atoms with Gasteiger partial charge in [-0.25, -0.2) is 0 Å². The maximum absolute atomic E-state index is 11.8. The van der Waals surface area contributed by atoms with Crippen LogP contribution in [0, 0.1) is 25.6 Å². The topological polar surface area (TPSA) is 120 Å². The van der Waals surface area contributed by atoms with E-state index in [0.717, 1.165) is 5.69 Å². The first kappa shape index (κ1) is 20.5. The van der Waals surface area contributed by atoms with Crippen LogP contribution < -0.4 is 5.43 Å². The minimum atomic E-state index is -1.30. The standard InChI is InChI=1S/C22H22N4O5/c1-22(2)12-17(24-23-15-6-4-3-5-7-15)20-18(13-22)31-21(26(29)30)19(20)14-8-10-16(11-9-14)25(27)28/h3-11,19,21,23H,12-13H2,1-2H3/b24-17-/t19-,21+/m1/s1. The zero-order valence-corrected chi connectivity index (χ0v) is 17.1. The Labute approximate surface area is 178 Å². The third-order valence-electron chi connectivity index (χ3n) is 5.52. The molecular weight excluding hydrogens is 400 g/mol. The summed E-state index contributed by atoms with van der Waals surface area (Å²) in [5.74, 6) is -0.131. The monoisotopic (exact) mass is 422 g/mol. The summed E-state index contributed by atoms with van der Waals surface area (Å²) >= 11 is 0. The lowest BCUT2D eigenvalue weighted by Crippen LogP contribution is -2.29. The van der Waals surface area contributed by atoms with Crippen molar-refractivity contribution in [2.24, 2.45) is 10.5 Å². The Morgan fingerprint density at radius 3 is 2.32 bits per heavy atom. The number of allylic oxidation sites excluding steroid dienone is 1. The van der Waals surface area contributed by atoms with Gasteiger partial charge in [0.1, 0.15) is 11.7 Å². The lowest BCUT2D eigenvalue weighted by Gasteiger charge is -2.31. The minimum Gasteiger partial charge on any atom is -0.433 e. The zero-order valence-electron chi connectivity index (χ0n) is 17.1. The molecule has 2 atom stereocenters. The second kappa shape index (κ2) is 7.82. The summed E-state index contributed by atoms with van der Waals surface area (Å²) < 4.78 is 5.83. The number of nitro benzene ring substituents is 1. The number of benzene rings is 2. The zero-order chi connectivity index (χ0) is 22.2. The summed E-state index contributed by atoms with van der Waals surface area (Å²) in [4.78, 5) is 21.9. The van der Waals surface area contributed by atoms with Gasteiger partial charge in [-0.1, -0.05) is 44.2 Å². The Kier molecular flexibility index (Phi) is 5.18. The molecule has 1 aliphatic carbocycles. The van der Waals surface area contributed by atoms with E-state index in [0.29, 0.717) is 35.4 Å². The SMILES string of the molecule is CC1(C)CC2=C(/C(=N\Nc3ccccc3)C1)[C@@H](c1ccc([N+](=O)[O-])cc1)[C@@H]([N+](=O)[O-])O2. The Morgan fingerprint density at radius 2 is 1.71 bits per heavy atom. The molecule has 31 heavy (non-hydrogen) atoms. The van der Waals surface area contributed by atoms with Crippen LogP contribution in [0.4, 0.5) is 11.4 Å². The first-order valence-corrected chi connectivity index (χ1v) is 9.91. The van der Waals surface area contributed by atoms with Gasteiger partial charge in [0.15, 0.2) is 0 Å². The van der Waals surface area contributed by atoms with Gasteiger partial charge in [0.25, 0.3) is 5.69 Å². The van der Waals surface area contributed by atoms with Gasteiger partial charge in [-0.2, -0.15) is 5.10 Å². The molecule has 1 aliphatic heterocycles. The van der Waals surface area contributed by atoms with Gasteiger partial charge in [0, 0.05) is 24.1 Å². The predicted molar refractivity (Wildman–Crippen MR) is 115 cm³/mol. The molecule has 160 valence electrons. The van der Waals surface area contributed by atoms with Crippen LogP contribution >= 0.6 is 0 Å². The number of hydrazone groups is 1. The smallest absolute Gasteiger partial charge is 0.364 e. The van der Waals surface area contributed by atoms with E-state index in [1.807, 2.05) is 30.3 Å². The molecule has 0 radical (unpaired) electrons. The maximum atomic E-state index is 11.8. The molecule has 1 N–H and O–H groups in total. The fraction of sp³-hybridized carbons (Fsp3) is 0.318. The molecule has 0 spiro atoms. The number of rotatable bonds is 5. The van der Waals surface area contributed by atoms with Crippen LogP contribution in [0.3, 0.4) is 0 Å². The summed E-state index contributed by atoms with van der Waals surface area (Å²) in [5.41, 5.74) is 5.57. The Hall–Kier alpha value is -3.75. The van der Waals surface area contributed by atoms with E-state index in [9.17, 15) is 20.2 Å². The number of non-ortho nitro benzene ring substituents is 1. The molecule has 1 heterocycles. The molecule has 2 aromatic rings. The third kappa shape index (κ3) is 4.11. The van der Waals surface area contributed by atoms with Gasteiger partial charge in [-0.15, -0.1) is 0 Å². The second-order valence-electron chi connectivity index (χ2n) is 8.51. The van der Waals surface area contributed by atoms with Crippen LogP contribution in [0.15, 0.2) is 71.0 Å². The van der Waals surface area contributed by atoms with Gasteiger partial charge in [-0.3, -0.25) is 25.7 Å². The fourth-order valence-electron chi connectivity index (χ4n) is 4.16. The number of nitro groups is 2. The lowest BCUT2D eigenvalue weighted by molar-refractivity contribution is -0.570. The van der Waals surface area contributed by atoms with E-state index in [2.05, 4.69) is 24.4 Å². The minimum absolute atomic E-state index is 0.0704. The normalized spacial score (nSPS) is 23.2. The highest BCUT2D eigenvalue weighted by Crippen LogP contribution is 2.49. The van der Waals surface area contributed by atoms with Gasteiger partial charge in [0.05, 0.1) is 21.2 Å². The average molecular weight is 422 g/mol. The Balaban J connectivity index is 1.77. The highest BCUT2D eigenvalue weighted by atomic mass is 16.7. The van der Waals surface area contributed by atoms with Crippen LogP contribution in [0.25, 0.3) is 0 Å². The average Bonchev–Trinajstić information content (AvgIpc) is 3.11. The van der Waals surface area contributed by atoms with E-state index >= 15 is 0 Å². The first-order chi connectivity index (χ1) is 14.7. The van der Waals surface area contributed by atoms with Crippen molar-refractivity contribution in [2.75, 3.05) is 5.43 Å². The van der Waals surface area contributed by atoms with Crippen molar-refractivity contribution in [1.29, 1.82) is 0 Å². The number of hydrogen-bond donors (Lipinski definition) is 1. The highest BCUT2D eigenvalue weighted by Gasteiger charge is 2.51. The second-order valence-corrected chi connectivity index (χ2v) is 8.51. The van der Waals surface area contributed by atoms with Crippen LogP contribution in [0.5, 0.6) is 0 Å². The van der Waals surface area contributed by atoms with E-state index in [1.165, 1.54) is 12.1 Å². The van der Waals surface area contributed by atoms with Gasteiger partial charge in [0.2, 0.25) is 0 Å². The summed E-state index contributed by atoms with van der Waals surface area (Å²) in [6.45, 7) is 4.14. The summed E-state index contributed by atoms with van der Waals surface area (Å²) in [6, 6.07) is 15.3. The van der Waals surface area contributed by atoms with Crippen LogP contribution in [0.2, 0.25) is 0 Å². The number of hydrogen-bond acceptors (Lipinski definition) is 7. The summed E-state index contributed by atoms with van der Waals surface area (Å²) in [6.07, 6.45) is -0.133. The lowest BCUT2D eigenvalue weighted by atomic mass is 9.73. The molecule has 0 unspecified atom stereocenters. The van der Waals surface area contributed by atoms with E-state index in [-0.39, 0.29) is 11.1 Å². The van der Waals surface area contributed by atoms with Gasteiger partial charge >= 0.3 is 6.23 Å². The molecule has 0 amide bonds. The molecular formula is C22H22N4O5. The molecule has 0 aromatic heterocycles. The van der Waals surface area contributed by atoms with Crippen molar-refractivity contribution in [3.63, 3.8) is 0 Å². The van der Waals surface area contributed by atoms with E-state index in [4.69, 9.17) is 4.74 Å². The molecule has 0 saturated carbocycles. The quantitative estimate of drug-likeness (QED) is 0.543. The number of para-hydroxylation sites is 1. The fourth-order valence-corrected chi connectivity index (χ4v) is 4.16. The van der Waals surface area contributed by atoms with Gasteiger partial charge < -0.3 is 4.74 Å². The number of nitrogens with one attached hydrogen (secondary N) is 1. The molecule has 0 bridgehead atoms. The van der Waals surface area contributed by atoms with Crippen LogP contribution in [0.1, 0.15) is 38.2 Å². The van der Waals surface area contributed by atoms with Gasteiger partial charge in [-0.05, 0) is 29.5 Å². The molecule has 4 rings (SSSR count). The van der Waals surface area contributed by atoms with Crippen molar-refractivity contribution in [3.8, 4) is 0 Å². The summed E-state index contributed by atoms with van der Waals surface area (Å²) in [5, 5.41) is 27.5. The molecule has 0 fully saturated rings.